The number of hydrogen-bond acceptors (Lipinski definition) is 10. The molecule has 0 amide bonds. The van der Waals surface area contributed by atoms with Crippen LogP contribution in [0.2, 0.25) is 0 Å². The van der Waals surface area contributed by atoms with Gasteiger partial charge in [-0.25, -0.2) is 0 Å². The second-order valence-corrected chi connectivity index (χ2v) is 8.34. The molecule has 10 heteroatoms. The summed E-state index contributed by atoms with van der Waals surface area (Å²) in [6, 6.07) is 0. The summed E-state index contributed by atoms with van der Waals surface area (Å²) in [5.74, 6) is -2.14. The van der Waals surface area contributed by atoms with Crippen LogP contribution in [0.1, 0.15) is 59.8 Å². The Morgan fingerprint density at radius 1 is 0.824 bits per heavy atom. The molecule has 0 N–H and O–H groups in total. The van der Waals surface area contributed by atoms with Gasteiger partial charge < -0.3 is 28.4 Å². The lowest BCUT2D eigenvalue weighted by Gasteiger charge is -2.43. The third-order valence-electron chi connectivity index (χ3n) is 5.39. The van der Waals surface area contributed by atoms with E-state index in [9.17, 15) is 19.2 Å². The smallest absolute Gasteiger partial charge is 0.303 e. The predicted molar refractivity (Wildman–Crippen MR) is 117 cm³/mol. The lowest BCUT2D eigenvalue weighted by Crippen LogP contribution is -2.62. The van der Waals surface area contributed by atoms with Crippen molar-refractivity contribution in [3.63, 3.8) is 0 Å². The van der Waals surface area contributed by atoms with Gasteiger partial charge in [-0.1, -0.05) is 19.3 Å². The molecular formula is C24H34O10. The molecular weight excluding hydrogens is 448 g/mol. The van der Waals surface area contributed by atoms with Gasteiger partial charge in [0.15, 0.2) is 24.6 Å². The molecule has 0 spiro atoms. The highest BCUT2D eigenvalue weighted by atomic mass is 16.7. The van der Waals surface area contributed by atoms with Crippen molar-refractivity contribution in [2.24, 2.45) is 5.92 Å². The van der Waals surface area contributed by atoms with E-state index >= 15 is 0 Å². The third-order valence-corrected chi connectivity index (χ3v) is 5.39. The predicted octanol–water partition coefficient (Wildman–Crippen LogP) is 2.38. The highest BCUT2D eigenvalue weighted by Crippen LogP contribution is 2.30. The fourth-order valence-electron chi connectivity index (χ4n) is 4.02. The number of ether oxygens (including phenoxy) is 6. The maximum absolute atomic E-state index is 11.8. The lowest BCUT2D eigenvalue weighted by atomic mass is 9.89. The van der Waals surface area contributed by atoms with Crippen LogP contribution < -0.4 is 0 Å². The summed E-state index contributed by atoms with van der Waals surface area (Å²) in [5, 5.41) is 0. The molecule has 1 heterocycles. The van der Waals surface area contributed by atoms with Gasteiger partial charge in [0.25, 0.3) is 0 Å². The highest BCUT2D eigenvalue weighted by Gasteiger charge is 2.52. The van der Waals surface area contributed by atoms with E-state index in [4.69, 9.17) is 28.4 Å². The van der Waals surface area contributed by atoms with E-state index in [1.54, 1.807) is 6.08 Å². The van der Waals surface area contributed by atoms with Crippen LogP contribution in [0.4, 0.5) is 0 Å². The summed E-state index contributed by atoms with van der Waals surface area (Å²) in [6.07, 6.45) is 3.78. The zero-order chi connectivity index (χ0) is 25.1. The van der Waals surface area contributed by atoms with Crippen molar-refractivity contribution < 1.29 is 47.6 Å². The van der Waals surface area contributed by atoms with Crippen molar-refractivity contribution in [1.29, 1.82) is 0 Å². The first kappa shape index (κ1) is 27.6. The summed E-state index contributed by atoms with van der Waals surface area (Å²) in [6.45, 7) is 4.50. The molecule has 0 unspecified atom stereocenters. The molecule has 34 heavy (non-hydrogen) atoms. The molecule has 0 aromatic heterocycles. The van der Waals surface area contributed by atoms with E-state index in [0.29, 0.717) is 5.92 Å². The van der Waals surface area contributed by atoms with E-state index in [-0.39, 0.29) is 13.2 Å². The van der Waals surface area contributed by atoms with Gasteiger partial charge in [0, 0.05) is 27.7 Å². The van der Waals surface area contributed by atoms with Crippen molar-refractivity contribution in [2.45, 2.75) is 90.5 Å². The van der Waals surface area contributed by atoms with Crippen molar-refractivity contribution in [2.75, 3.05) is 13.2 Å². The molecule has 2 aliphatic rings. The highest BCUT2D eigenvalue weighted by molar-refractivity contribution is 5.68. The number of rotatable bonds is 9. The Bertz CT molecular complexity index is 779. The normalized spacial score (nSPS) is 27.0. The third kappa shape index (κ3) is 9.29. The fourth-order valence-corrected chi connectivity index (χ4v) is 4.02. The van der Waals surface area contributed by atoms with Crippen LogP contribution in [0.5, 0.6) is 0 Å². The van der Waals surface area contributed by atoms with E-state index in [0.717, 1.165) is 12.8 Å². The second-order valence-electron chi connectivity index (χ2n) is 8.34. The second kappa shape index (κ2) is 13.9. The maximum atomic E-state index is 11.8. The maximum Gasteiger partial charge on any atom is 0.303 e. The first-order valence-corrected chi connectivity index (χ1v) is 11.5. The Hall–Kier alpha value is -2.68. The minimum Gasteiger partial charge on any atom is -0.463 e. The van der Waals surface area contributed by atoms with Gasteiger partial charge in [0.05, 0.1) is 6.61 Å². The van der Waals surface area contributed by atoms with Gasteiger partial charge in [0.1, 0.15) is 12.7 Å². The van der Waals surface area contributed by atoms with Gasteiger partial charge in [-0.15, -0.1) is 5.73 Å². The monoisotopic (exact) mass is 482 g/mol. The van der Waals surface area contributed by atoms with Gasteiger partial charge in [-0.05, 0) is 30.9 Å². The van der Waals surface area contributed by atoms with Crippen molar-refractivity contribution >= 4 is 23.9 Å². The largest absolute Gasteiger partial charge is 0.463 e. The Labute approximate surface area is 199 Å². The molecule has 1 aliphatic carbocycles. The van der Waals surface area contributed by atoms with E-state index in [1.807, 2.05) is 6.08 Å². The van der Waals surface area contributed by atoms with Crippen LogP contribution >= 0.6 is 0 Å². The van der Waals surface area contributed by atoms with E-state index in [1.165, 1.54) is 47.0 Å². The average Bonchev–Trinajstić information content (AvgIpc) is 2.75. The molecule has 5 atom stereocenters. The van der Waals surface area contributed by atoms with Gasteiger partial charge >= 0.3 is 23.9 Å². The molecule has 0 radical (unpaired) electrons. The molecule has 10 nitrogen and oxygen atoms in total. The van der Waals surface area contributed by atoms with Gasteiger partial charge in [0.2, 0.25) is 0 Å². The molecule has 190 valence electrons. The molecule has 1 aliphatic heterocycles. The van der Waals surface area contributed by atoms with Crippen molar-refractivity contribution in [1.82, 2.24) is 0 Å². The Morgan fingerprint density at radius 2 is 1.41 bits per heavy atom. The Balaban J connectivity index is 2.22. The zero-order valence-electron chi connectivity index (χ0n) is 20.2. The summed E-state index contributed by atoms with van der Waals surface area (Å²) in [7, 11) is 0. The number of carbonyl (C=O) groups excluding carboxylic acids is 4. The molecule has 0 aromatic rings. The summed E-state index contributed by atoms with van der Waals surface area (Å²) < 4.78 is 32.7. The zero-order valence-corrected chi connectivity index (χ0v) is 20.2. The summed E-state index contributed by atoms with van der Waals surface area (Å²) in [4.78, 5) is 46.7. The fraction of sp³-hybridized carbons (Fsp3) is 0.708. The molecule has 2 fully saturated rings. The first-order valence-electron chi connectivity index (χ1n) is 11.5. The van der Waals surface area contributed by atoms with Crippen LogP contribution in [0.25, 0.3) is 0 Å². The number of carbonyl (C=O) groups is 4. The average molecular weight is 483 g/mol. The summed E-state index contributed by atoms with van der Waals surface area (Å²) >= 11 is 0. The SMILES string of the molecule is CC(=O)OC[C@H]1O[C@@H](OCC=C=CC2CCCCC2)[C@H](OC(C)=O)[C@@H](OC(C)=O)[C@@H]1OC(C)=O. The van der Waals surface area contributed by atoms with Gasteiger partial charge in [-0.2, -0.15) is 0 Å². The lowest BCUT2D eigenvalue weighted by molar-refractivity contribution is -0.305. The van der Waals surface area contributed by atoms with Gasteiger partial charge in [-0.3, -0.25) is 19.2 Å². The molecule has 2 rings (SSSR count). The van der Waals surface area contributed by atoms with Crippen molar-refractivity contribution in [3.05, 3.63) is 17.9 Å². The first-order chi connectivity index (χ1) is 16.2. The van der Waals surface area contributed by atoms with Crippen LogP contribution in [0, 0.1) is 5.92 Å². The number of esters is 4. The van der Waals surface area contributed by atoms with E-state index in [2.05, 4.69) is 5.73 Å². The van der Waals surface area contributed by atoms with E-state index < -0.39 is 54.6 Å². The molecule has 1 saturated carbocycles. The minimum atomic E-state index is -1.24. The van der Waals surface area contributed by atoms with Crippen LogP contribution in [-0.4, -0.2) is 67.8 Å². The molecule has 0 aromatic carbocycles. The summed E-state index contributed by atoms with van der Waals surface area (Å²) in [5.41, 5.74) is 3.12. The number of hydrogen-bond donors (Lipinski definition) is 0. The molecule has 0 bridgehead atoms. The Kier molecular flexibility index (Phi) is 11.3. The van der Waals surface area contributed by atoms with Crippen LogP contribution in [-0.2, 0) is 47.6 Å². The topological polar surface area (TPSA) is 124 Å². The van der Waals surface area contributed by atoms with Crippen molar-refractivity contribution in [3.8, 4) is 0 Å². The van der Waals surface area contributed by atoms with Crippen LogP contribution in [0.15, 0.2) is 17.9 Å². The standard InChI is InChI=1S/C24H34O10/c1-15(25)30-14-20-21(31-16(2)26)22(32-17(3)27)23(33-18(4)28)24(34-20)29-13-9-8-12-19-10-6-5-7-11-19/h9,12,19-24H,5-7,10-11,13-14H2,1-4H3/t8?,20-,21-,22+,23-,24-/m1/s1. The van der Waals surface area contributed by atoms with Crippen LogP contribution in [0.3, 0.4) is 0 Å². The molecule has 1 saturated heterocycles. The Morgan fingerprint density at radius 3 is 2.00 bits per heavy atom. The minimum absolute atomic E-state index is 0.0664. The quantitative estimate of drug-likeness (QED) is 0.275.